The molecule has 0 aromatic heterocycles. The van der Waals surface area contributed by atoms with Crippen molar-refractivity contribution in [3.05, 3.63) is 71.3 Å². The molecule has 0 radical (unpaired) electrons. The molecular weight excluding hydrogens is 350 g/mol. The molecule has 0 unspecified atom stereocenters. The van der Waals surface area contributed by atoms with Gasteiger partial charge in [-0.3, -0.25) is 14.9 Å². The van der Waals surface area contributed by atoms with Crippen molar-refractivity contribution < 1.29 is 9.72 Å². The maximum absolute atomic E-state index is 12.1. The number of benzene rings is 2. The summed E-state index contributed by atoms with van der Waals surface area (Å²) in [5.41, 5.74) is 1.28. The molecule has 0 saturated carbocycles. The van der Waals surface area contributed by atoms with E-state index in [1.54, 1.807) is 30.0 Å². The van der Waals surface area contributed by atoms with Crippen molar-refractivity contribution in [3.8, 4) is 0 Å². The SMILES string of the molecule is C=CCSc1ccccc1NC(=O)CCCNc1ccccc1[N+](=O)[O-]. The number of amides is 1. The summed E-state index contributed by atoms with van der Waals surface area (Å²) >= 11 is 1.61. The molecule has 0 bridgehead atoms. The van der Waals surface area contributed by atoms with E-state index in [0.717, 1.165) is 16.3 Å². The van der Waals surface area contributed by atoms with E-state index in [-0.39, 0.29) is 11.6 Å². The van der Waals surface area contributed by atoms with Crippen molar-refractivity contribution in [3.63, 3.8) is 0 Å². The quantitative estimate of drug-likeness (QED) is 0.208. The van der Waals surface area contributed by atoms with E-state index >= 15 is 0 Å². The van der Waals surface area contributed by atoms with E-state index in [2.05, 4.69) is 17.2 Å². The van der Waals surface area contributed by atoms with Crippen LogP contribution < -0.4 is 10.6 Å². The molecule has 2 aromatic carbocycles. The first kappa shape index (κ1) is 19.5. The molecule has 7 heteroatoms. The first-order valence-electron chi connectivity index (χ1n) is 8.21. The normalized spacial score (nSPS) is 10.2. The van der Waals surface area contributed by atoms with Gasteiger partial charge in [0.1, 0.15) is 5.69 Å². The van der Waals surface area contributed by atoms with Gasteiger partial charge in [-0.2, -0.15) is 0 Å². The Bertz CT molecular complexity index is 780. The van der Waals surface area contributed by atoms with Gasteiger partial charge in [0.05, 0.1) is 10.6 Å². The molecule has 0 aliphatic heterocycles. The number of carbonyl (C=O) groups excluding carboxylic acids is 1. The number of nitrogens with zero attached hydrogens (tertiary/aromatic N) is 1. The molecule has 0 atom stereocenters. The van der Waals surface area contributed by atoms with Crippen LogP contribution in [0.5, 0.6) is 0 Å². The third kappa shape index (κ3) is 5.93. The lowest BCUT2D eigenvalue weighted by Crippen LogP contribution is -2.14. The van der Waals surface area contributed by atoms with E-state index in [9.17, 15) is 14.9 Å². The molecule has 1 amide bonds. The van der Waals surface area contributed by atoms with E-state index in [4.69, 9.17) is 0 Å². The van der Waals surface area contributed by atoms with Crippen molar-refractivity contribution in [1.29, 1.82) is 0 Å². The van der Waals surface area contributed by atoms with Crippen LogP contribution in [0.15, 0.2) is 66.1 Å². The largest absolute Gasteiger partial charge is 0.379 e. The third-order valence-corrected chi connectivity index (χ3v) is 4.58. The van der Waals surface area contributed by atoms with Gasteiger partial charge in [0, 0.05) is 29.7 Å². The summed E-state index contributed by atoms with van der Waals surface area (Å²) in [6.07, 6.45) is 2.71. The molecule has 2 N–H and O–H groups in total. The Hall–Kier alpha value is -2.80. The average Bonchev–Trinajstić information content (AvgIpc) is 2.64. The van der Waals surface area contributed by atoms with Crippen molar-refractivity contribution in [1.82, 2.24) is 0 Å². The molecule has 26 heavy (non-hydrogen) atoms. The van der Waals surface area contributed by atoms with Crippen LogP contribution in [0.3, 0.4) is 0 Å². The van der Waals surface area contributed by atoms with Crippen LogP contribution >= 0.6 is 11.8 Å². The van der Waals surface area contributed by atoms with Gasteiger partial charge >= 0.3 is 0 Å². The van der Waals surface area contributed by atoms with Crippen molar-refractivity contribution >= 4 is 34.7 Å². The first-order valence-corrected chi connectivity index (χ1v) is 9.20. The number of anilines is 2. The second kappa shape index (κ2) is 10.2. The predicted molar refractivity (Wildman–Crippen MR) is 107 cm³/mol. The zero-order valence-corrected chi connectivity index (χ0v) is 15.1. The highest BCUT2D eigenvalue weighted by molar-refractivity contribution is 7.99. The Balaban J connectivity index is 1.81. The maximum Gasteiger partial charge on any atom is 0.292 e. The number of hydrogen-bond acceptors (Lipinski definition) is 5. The van der Waals surface area contributed by atoms with Crippen LogP contribution in [0.25, 0.3) is 0 Å². The van der Waals surface area contributed by atoms with Gasteiger partial charge in [0.15, 0.2) is 0 Å². The fourth-order valence-corrected chi connectivity index (χ4v) is 3.06. The Kier molecular flexibility index (Phi) is 7.70. The first-order chi connectivity index (χ1) is 12.6. The number of nitro benzene ring substituents is 1. The minimum absolute atomic E-state index is 0.0325. The average molecular weight is 371 g/mol. The van der Waals surface area contributed by atoms with E-state index in [0.29, 0.717) is 25.1 Å². The molecule has 0 aliphatic carbocycles. The summed E-state index contributed by atoms with van der Waals surface area (Å²) in [7, 11) is 0. The number of hydrogen-bond donors (Lipinski definition) is 2. The number of nitro groups is 1. The molecule has 6 nitrogen and oxygen atoms in total. The van der Waals surface area contributed by atoms with E-state index in [1.165, 1.54) is 6.07 Å². The van der Waals surface area contributed by atoms with Gasteiger partial charge in [-0.15, -0.1) is 18.3 Å². The van der Waals surface area contributed by atoms with Crippen LogP contribution in [-0.2, 0) is 4.79 Å². The fraction of sp³-hybridized carbons (Fsp3) is 0.211. The third-order valence-electron chi connectivity index (χ3n) is 3.51. The highest BCUT2D eigenvalue weighted by Gasteiger charge is 2.12. The zero-order valence-electron chi connectivity index (χ0n) is 14.3. The number of para-hydroxylation sites is 3. The van der Waals surface area contributed by atoms with Gasteiger partial charge in [0.2, 0.25) is 5.91 Å². The standard InChI is InChI=1S/C19H21N3O3S/c1-2-14-26-18-11-6-4-9-16(18)21-19(23)12-7-13-20-15-8-3-5-10-17(15)22(24)25/h2-6,8-11,20H,1,7,12-14H2,(H,21,23). The maximum atomic E-state index is 12.1. The summed E-state index contributed by atoms with van der Waals surface area (Å²) in [5.74, 6) is 0.688. The summed E-state index contributed by atoms with van der Waals surface area (Å²) in [6.45, 7) is 4.18. The molecule has 0 saturated heterocycles. The summed E-state index contributed by atoms with van der Waals surface area (Å²) in [5, 5.41) is 16.9. The molecule has 0 spiro atoms. The molecule has 0 aliphatic rings. The van der Waals surface area contributed by atoms with Gasteiger partial charge in [0.25, 0.3) is 5.69 Å². The van der Waals surface area contributed by atoms with Gasteiger partial charge in [-0.25, -0.2) is 0 Å². The van der Waals surface area contributed by atoms with E-state index < -0.39 is 4.92 Å². The molecule has 136 valence electrons. The van der Waals surface area contributed by atoms with Crippen LogP contribution in [0.4, 0.5) is 17.1 Å². The van der Waals surface area contributed by atoms with Crippen molar-refractivity contribution in [2.24, 2.45) is 0 Å². The number of thioether (sulfide) groups is 1. The zero-order chi connectivity index (χ0) is 18.8. The molecular formula is C19H21N3O3S. The summed E-state index contributed by atoms with van der Waals surface area (Å²) < 4.78 is 0. The van der Waals surface area contributed by atoms with Crippen LogP contribution in [0.1, 0.15) is 12.8 Å². The molecule has 2 rings (SSSR count). The lowest BCUT2D eigenvalue weighted by molar-refractivity contribution is -0.384. The number of nitrogens with one attached hydrogen (secondary N) is 2. The van der Waals surface area contributed by atoms with Crippen LogP contribution in [-0.4, -0.2) is 23.1 Å². The highest BCUT2D eigenvalue weighted by Crippen LogP contribution is 2.27. The highest BCUT2D eigenvalue weighted by atomic mass is 32.2. The number of carbonyl (C=O) groups is 1. The Morgan fingerprint density at radius 2 is 1.85 bits per heavy atom. The minimum atomic E-state index is -0.424. The Morgan fingerprint density at radius 3 is 2.58 bits per heavy atom. The predicted octanol–water partition coefficient (Wildman–Crippen LogP) is 4.70. The topological polar surface area (TPSA) is 84.3 Å². The lowest BCUT2D eigenvalue weighted by Gasteiger charge is -2.10. The van der Waals surface area contributed by atoms with Gasteiger partial charge < -0.3 is 10.6 Å². The minimum Gasteiger partial charge on any atom is -0.379 e. The molecule has 0 fully saturated rings. The summed E-state index contributed by atoms with van der Waals surface area (Å²) in [4.78, 5) is 23.7. The fourth-order valence-electron chi connectivity index (χ4n) is 2.31. The van der Waals surface area contributed by atoms with Crippen LogP contribution in [0, 0.1) is 10.1 Å². The monoisotopic (exact) mass is 371 g/mol. The lowest BCUT2D eigenvalue weighted by atomic mass is 10.2. The van der Waals surface area contributed by atoms with Crippen LogP contribution in [0.2, 0.25) is 0 Å². The van der Waals surface area contributed by atoms with Gasteiger partial charge in [-0.1, -0.05) is 30.3 Å². The molecule has 2 aromatic rings. The molecule has 0 heterocycles. The second-order valence-corrected chi connectivity index (χ2v) is 6.51. The van der Waals surface area contributed by atoms with E-state index in [1.807, 2.05) is 30.3 Å². The smallest absolute Gasteiger partial charge is 0.292 e. The summed E-state index contributed by atoms with van der Waals surface area (Å²) in [6, 6.07) is 14.1. The Morgan fingerprint density at radius 1 is 1.15 bits per heavy atom. The van der Waals surface area contributed by atoms with Crippen molar-refractivity contribution in [2.75, 3.05) is 22.9 Å². The second-order valence-electron chi connectivity index (χ2n) is 5.45. The number of rotatable bonds is 10. The van der Waals surface area contributed by atoms with Gasteiger partial charge in [-0.05, 0) is 24.6 Å². The van der Waals surface area contributed by atoms with Crippen molar-refractivity contribution in [2.45, 2.75) is 17.7 Å². The Labute approximate surface area is 156 Å².